The third-order valence-corrected chi connectivity index (χ3v) is 12.3. The van der Waals surface area contributed by atoms with Gasteiger partial charge in [-0.3, -0.25) is 47.9 Å². The lowest BCUT2D eigenvalue weighted by Gasteiger charge is -2.27. The van der Waals surface area contributed by atoms with Crippen molar-refractivity contribution in [3.63, 3.8) is 0 Å². The summed E-state index contributed by atoms with van der Waals surface area (Å²) < 4.78 is 0. The molecule has 8 atom stereocenters. The van der Waals surface area contributed by atoms with Crippen LogP contribution >= 0.6 is 21.6 Å². The summed E-state index contributed by atoms with van der Waals surface area (Å²) >= 11 is 0. The number of nitrogens with two attached hydrogens (primary N) is 3. The number of carbonyl (C=O) groups excluding carboxylic acids is 9. The monoisotopic (exact) mass is 917 g/mol. The number of hydrogen-bond donors (Lipinski definition) is 12. The van der Waals surface area contributed by atoms with Crippen molar-refractivity contribution in [2.45, 2.75) is 135 Å². The zero-order chi connectivity index (χ0) is 46.9. The number of primary amides is 1. The van der Waals surface area contributed by atoms with Crippen LogP contribution in [0.1, 0.15) is 92.4 Å². The van der Waals surface area contributed by atoms with Crippen LogP contribution in [0.25, 0.3) is 0 Å². The van der Waals surface area contributed by atoms with Crippen molar-refractivity contribution >= 4 is 80.7 Å². The minimum atomic E-state index is -1.40. The zero-order valence-corrected chi connectivity index (χ0v) is 37.8. The van der Waals surface area contributed by atoms with Crippen LogP contribution in [-0.4, -0.2) is 138 Å². The van der Waals surface area contributed by atoms with Gasteiger partial charge >= 0.3 is 5.97 Å². The van der Waals surface area contributed by atoms with Gasteiger partial charge in [0, 0.05) is 24.9 Å². The Labute approximate surface area is 370 Å². The Hall–Kier alpha value is -4.68. The van der Waals surface area contributed by atoms with Gasteiger partial charge in [0.1, 0.15) is 42.3 Å². The zero-order valence-electron chi connectivity index (χ0n) is 36.2. The van der Waals surface area contributed by atoms with E-state index in [0.29, 0.717) is 45.2 Å². The van der Waals surface area contributed by atoms with Crippen molar-refractivity contribution < 1.29 is 53.1 Å². The van der Waals surface area contributed by atoms with Crippen LogP contribution in [0.2, 0.25) is 0 Å². The largest absolute Gasteiger partial charge is 0.481 e. The number of rotatable bonds is 22. The van der Waals surface area contributed by atoms with E-state index in [1.807, 2.05) is 0 Å². The van der Waals surface area contributed by atoms with Gasteiger partial charge in [0.15, 0.2) is 0 Å². The predicted molar refractivity (Wildman–Crippen MR) is 233 cm³/mol. The number of carboxylic acids is 1. The van der Waals surface area contributed by atoms with Crippen molar-refractivity contribution in [1.29, 1.82) is 0 Å². The Morgan fingerprint density at radius 1 is 0.790 bits per heavy atom. The molecule has 1 fully saturated rings. The SMILES string of the molecule is CC[C@H](C)[C@@H]1NC(=O)CNC(=O)[C@H](CCCCN)NC(=O)[C@@H](NC(=O)[C@H](CCCCN)NC(=O)[C@@H](NC(C)=O)C(C)C)CSSC[C@@H](C(=O)N[C@@H](CCC(=O)O)C(N)=O)NC1=O. The first-order valence-corrected chi connectivity index (χ1v) is 23.3. The molecule has 9 amide bonds. The Morgan fingerprint density at radius 2 is 1.44 bits per heavy atom. The summed E-state index contributed by atoms with van der Waals surface area (Å²) in [7, 11) is 2.01. The summed E-state index contributed by atoms with van der Waals surface area (Å²) in [4.78, 5) is 131. The van der Waals surface area contributed by atoms with Crippen LogP contribution in [0.5, 0.6) is 0 Å². The first-order valence-electron chi connectivity index (χ1n) is 20.8. The van der Waals surface area contributed by atoms with Crippen molar-refractivity contribution in [2.75, 3.05) is 31.1 Å². The van der Waals surface area contributed by atoms with Crippen molar-refractivity contribution in [3.8, 4) is 0 Å². The third-order valence-electron chi connectivity index (χ3n) is 9.83. The van der Waals surface area contributed by atoms with Crippen molar-refractivity contribution in [2.24, 2.45) is 29.0 Å². The lowest BCUT2D eigenvalue weighted by Crippen LogP contribution is -2.59. The molecular formula is C38H67N11O11S2. The van der Waals surface area contributed by atoms with Gasteiger partial charge in [-0.25, -0.2) is 0 Å². The fourth-order valence-electron chi connectivity index (χ4n) is 5.99. The van der Waals surface area contributed by atoms with Gasteiger partial charge in [0.25, 0.3) is 0 Å². The summed E-state index contributed by atoms with van der Waals surface area (Å²) in [5.41, 5.74) is 16.8. The van der Waals surface area contributed by atoms with E-state index >= 15 is 0 Å². The fourth-order valence-corrected chi connectivity index (χ4v) is 8.31. The Kier molecular flexibility index (Phi) is 26.4. The van der Waals surface area contributed by atoms with E-state index in [1.54, 1.807) is 27.7 Å². The van der Waals surface area contributed by atoms with Gasteiger partial charge in [0.05, 0.1) is 6.54 Å². The molecular weight excluding hydrogens is 851 g/mol. The highest BCUT2D eigenvalue weighted by atomic mass is 33.1. The number of amides is 9. The number of nitrogens with one attached hydrogen (secondary N) is 8. The van der Waals surface area contributed by atoms with Gasteiger partial charge < -0.3 is 64.8 Å². The maximum absolute atomic E-state index is 14.0. The van der Waals surface area contributed by atoms with E-state index in [4.69, 9.17) is 22.3 Å². The standard InChI is InChI=1S/C38H67N11O11S2/c1-6-21(4)31-38(60)48-27(35(57)44-23(32(41)54)13-14-29(52)53)19-62-61-18-26(36(58)45-24(11-7-9-15-39)33(55)42-17-28(51)49-31)47-34(56)25(12-8-10-16-40)46-37(59)30(20(2)3)43-22(5)50/h20-21,23-27,30-31H,6-19,39-40H2,1-5H3,(H2,41,54)(H,42,55)(H,43,50)(H,44,57)(H,45,58)(H,46,59)(H,47,56)(H,48,60)(H,49,51)(H,52,53)/t21-,23-,24-,25-,26-,27-,30-,31-/m0/s1. The molecule has 62 heavy (non-hydrogen) atoms. The van der Waals surface area contributed by atoms with Crippen LogP contribution in [0.3, 0.4) is 0 Å². The average Bonchev–Trinajstić information content (AvgIpc) is 3.21. The number of hydrogen-bond acceptors (Lipinski definition) is 14. The Balaban J connectivity index is 3.66. The van der Waals surface area contributed by atoms with Gasteiger partial charge in [-0.2, -0.15) is 0 Å². The second-order valence-electron chi connectivity index (χ2n) is 15.3. The molecule has 24 heteroatoms. The third kappa shape index (κ3) is 20.9. The normalized spacial score (nSPS) is 21.3. The first kappa shape index (κ1) is 55.3. The minimum absolute atomic E-state index is 0.115. The lowest BCUT2D eigenvalue weighted by molar-refractivity contribution is -0.138. The quantitative estimate of drug-likeness (QED) is 0.0386. The number of carboxylic acid groups (broad SMARTS) is 1. The highest BCUT2D eigenvalue weighted by molar-refractivity contribution is 8.76. The number of aliphatic carboxylic acids is 1. The molecule has 0 saturated carbocycles. The smallest absolute Gasteiger partial charge is 0.303 e. The molecule has 1 aliphatic rings. The van der Waals surface area contributed by atoms with Crippen LogP contribution in [0, 0.1) is 11.8 Å². The molecule has 1 aliphatic heterocycles. The number of carbonyl (C=O) groups is 10. The van der Waals surface area contributed by atoms with Crippen LogP contribution in [-0.2, 0) is 47.9 Å². The molecule has 0 bridgehead atoms. The molecule has 352 valence electrons. The summed E-state index contributed by atoms with van der Waals surface area (Å²) in [5, 5.41) is 29.8. The highest BCUT2D eigenvalue weighted by Gasteiger charge is 2.35. The molecule has 0 aliphatic carbocycles. The van der Waals surface area contributed by atoms with Crippen LogP contribution in [0.15, 0.2) is 0 Å². The number of unbranched alkanes of at least 4 members (excludes halogenated alkanes) is 2. The van der Waals surface area contributed by atoms with E-state index in [2.05, 4.69) is 42.5 Å². The molecule has 0 aromatic heterocycles. The maximum Gasteiger partial charge on any atom is 0.303 e. The van der Waals surface area contributed by atoms with E-state index < -0.39 is 120 Å². The summed E-state index contributed by atoms with van der Waals surface area (Å²) in [5.74, 6) is -9.20. The second-order valence-corrected chi connectivity index (χ2v) is 17.9. The molecule has 0 aromatic rings. The molecule has 0 spiro atoms. The van der Waals surface area contributed by atoms with Crippen LogP contribution < -0.4 is 59.7 Å². The van der Waals surface area contributed by atoms with Gasteiger partial charge in [-0.15, -0.1) is 0 Å². The van der Waals surface area contributed by atoms with Gasteiger partial charge in [0.2, 0.25) is 53.2 Å². The average molecular weight is 918 g/mol. The Bertz CT molecular complexity index is 1560. The highest BCUT2D eigenvalue weighted by Crippen LogP contribution is 2.24. The second kappa shape index (κ2) is 29.6. The summed E-state index contributed by atoms with van der Waals surface area (Å²) in [6, 6.07) is -8.67. The van der Waals surface area contributed by atoms with Crippen molar-refractivity contribution in [3.05, 3.63) is 0 Å². The fraction of sp³-hybridized carbons (Fsp3) is 0.737. The predicted octanol–water partition coefficient (Wildman–Crippen LogP) is -2.78. The van der Waals surface area contributed by atoms with E-state index in [9.17, 15) is 47.9 Å². The van der Waals surface area contributed by atoms with E-state index in [0.717, 1.165) is 21.6 Å². The topological polar surface area (TPSA) is 365 Å². The van der Waals surface area contributed by atoms with E-state index in [-0.39, 0.29) is 36.7 Å². The molecule has 0 aromatic carbocycles. The van der Waals surface area contributed by atoms with Gasteiger partial charge in [-0.1, -0.05) is 55.7 Å². The molecule has 0 unspecified atom stereocenters. The molecule has 1 saturated heterocycles. The molecule has 1 heterocycles. The molecule has 1 rings (SSSR count). The van der Waals surface area contributed by atoms with Crippen molar-refractivity contribution in [1.82, 2.24) is 42.5 Å². The van der Waals surface area contributed by atoms with Crippen LogP contribution in [0.4, 0.5) is 0 Å². The Morgan fingerprint density at radius 3 is 2.02 bits per heavy atom. The van der Waals surface area contributed by atoms with E-state index in [1.165, 1.54) is 6.92 Å². The molecule has 22 nitrogen and oxygen atoms in total. The maximum atomic E-state index is 14.0. The first-order chi connectivity index (χ1) is 29.2. The molecule has 15 N–H and O–H groups in total. The minimum Gasteiger partial charge on any atom is -0.481 e. The lowest BCUT2D eigenvalue weighted by atomic mass is 9.98. The summed E-state index contributed by atoms with van der Waals surface area (Å²) in [6.45, 7) is 8.17. The summed E-state index contributed by atoms with van der Waals surface area (Å²) in [6.07, 6.45) is 1.66. The molecule has 0 radical (unpaired) electrons. The van der Waals surface area contributed by atoms with Gasteiger partial charge in [-0.05, 0) is 69.9 Å².